The number of hydrogen-bond donors (Lipinski definition) is 2. The number of unbranched alkanes of at least 4 members (excludes halogenated alkanes) is 2. The zero-order chi connectivity index (χ0) is 15.5. The molecule has 0 aromatic rings. The van der Waals surface area contributed by atoms with Gasteiger partial charge in [0.2, 0.25) is 17.7 Å². The smallest absolute Gasteiger partial charge is 0.239 e. The minimum atomic E-state index is -0.380. The van der Waals surface area contributed by atoms with Crippen molar-refractivity contribution in [3.63, 3.8) is 0 Å². The largest absolute Gasteiger partial charge is 0.370 e. The first-order chi connectivity index (χ1) is 9.36. The number of carbonyl (C=O) groups excluding carboxylic acids is 3. The molecule has 1 atom stereocenters. The Balaban J connectivity index is 3.94. The number of nitrogens with one attached hydrogen (secondary N) is 1. The van der Waals surface area contributed by atoms with Crippen molar-refractivity contribution in [2.75, 3.05) is 13.6 Å². The van der Waals surface area contributed by atoms with E-state index in [1.54, 1.807) is 7.05 Å². The van der Waals surface area contributed by atoms with E-state index in [4.69, 9.17) is 5.73 Å². The summed E-state index contributed by atoms with van der Waals surface area (Å²) in [7, 11) is 1.63. The molecule has 0 aliphatic carbocycles. The summed E-state index contributed by atoms with van der Waals surface area (Å²) < 4.78 is 0. The van der Waals surface area contributed by atoms with Crippen LogP contribution < -0.4 is 11.1 Å². The summed E-state index contributed by atoms with van der Waals surface area (Å²) in [6, 6.07) is -0.126. The second kappa shape index (κ2) is 10.2. The van der Waals surface area contributed by atoms with Crippen LogP contribution in [0.3, 0.4) is 0 Å². The SMILES string of the molecule is CCCCCC(=O)N(C)CC(=O)NC(C)CCC(N)=O. The fourth-order valence-corrected chi connectivity index (χ4v) is 1.77. The van der Waals surface area contributed by atoms with Gasteiger partial charge >= 0.3 is 0 Å². The molecule has 0 rings (SSSR count). The molecule has 3 amide bonds. The molecule has 0 spiro atoms. The van der Waals surface area contributed by atoms with Crippen molar-refractivity contribution < 1.29 is 14.4 Å². The lowest BCUT2D eigenvalue weighted by molar-refractivity contribution is -0.135. The summed E-state index contributed by atoms with van der Waals surface area (Å²) >= 11 is 0. The number of rotatable bonds is 10. The lowest BCUT2D eigenvalue weighted by Crippen LogP contribution is -2.42. The predicted octanol–water partition coefficient (Wildman–Crippen LogP) is 0.795. The Labute approximate surface area is 121 Å². The summed E-state index contributed by atoms with van der Waals surface area (Å²) in [6.07, 6.45) is 4.18. The molecule has 0 bridgehead atoms. The van der Waals surface area contributed by atoms with E-state index in [0.717, 1.165) is 19.3 Å². The molecular formula is C14H27N3O3. The van der Waals surface area contributed by atoms with Crippen LogP contribution in [0.5, 0.6) is 0 Å². The van der Waals surface area contributed by atoms with Crippen LogP contribution >= 0.6 is 0 Å². The van der Waals surface area contributed by atoms with Gasteiger partial charge in [-0.25, -0.2) is 0 Å². The van der Waals surface area contributed by atoms with E-state index in [0.29, 0.717) is 12.8 Å². The Morgan fingerprint density at radius 3 is 2.40 bits per heavy atom. The first kappa shape index (κ1) is 18.4. The third-order valence-corrected chi connectivity index (χ3v) is 3.03. The Hall–Kier alpha value is -1.59. The maximum atomic E-state index is 11.7. The van der Waals surface area contributed by atoms with E-state index in [9.17, 15) is 14.4 Å². The van der Waals surface area contributed by atoms with Crippen molar-refractivity contribution in [1.82, 2.24) is 10.2 Å². The van der Waals surface area contributed by atoms with Crippen LogP contribution in [0.15, 0.2) is 0 Å². The number of amides is 3. The maximum Gasteiger partial charge on any atom is 0.239 e. The highest BCUT2D eigenvalue weighted by atomic mass is 16.2. The number of nitrogens with zero attached hydrogens (tertiary/aromatic N) is 1. The monoisotopic (exact) mass is 285 g/mol. The number of primary amides is 1. The van der Waals surface area contributed by atoms with Crippen molar-refractivity contribution in [2.24, 2.45) is 5.73 Å². The van der Waals surface area contributed by atoms with Crippen LogP contribution in [-0.4, -0.2) is 42.3 Å². The fourth-order valence-electron chi connectivity index (χ4n) is 1.77. The Bertz CT molecular complexity index is 332. The summed E-state index contributed by atoms with van der Waals surface area (Å²) in [5.74, 6) is -0.610. The number of nitrogens with two attached hydrogens (primary N) is 1. The van der Waals surface area contributed by atoms with E-state index in [2.05, 4.69) is 12.2 Å². The highest BCUT2D eigenvalue weighted by molar-refractivity contribution is 5.84. The van der Waals surface area contributed by atoms with Crippen molar-refractivity contribution >= 4 is 17.7 Å². The quantitative estimate of drug-likeness (QED) is 0.581. The highest BCUT2D eigenvalue weighted by Gasteiger charge is 2.14. The zero-order valence-corrected chi connectivity index (χ0v) is 12.8. The minimum Gasteiger partial charge on any atom is -0.370 e. The Morgan fingerprint density at radius 1 is 1.20 bits per heavy atom. The molecule has 0 saturated carbocycles. The minimum absolute atomic E-state index is 0.0154. The first-order valence-electron chi connectivity index (χ1n) is 7.18. The van der Waals surface area contributed by atoms with Crippen LogP contribution in [0.25, 0.3) is 0 Å². The summed E-state index contributed by atoms with van der Waals surface area (Å²) in [5.41, 5.74) is 5.05. The molecule has 20 heavy (non-hydrogen) atoms. The van der Waals surface area contributed by atoms with Gasteiger partial charge < -0.3 is 16.0 Å². The van der Waals surface area contributed by atoms with Gasteiger partial charge in [0.05, 0.1) is 6.54 Å². The number of carbonyl (C=O) groups is 3. The van der Waals surface area contributed by atoms with Crippen LogP contribution in [0.4, 0.5) is 0 Å². The molecule has 6 nitrogen and oxygen atoms in total. The standard InChI is InChI=1S/C14H27N3O3/c1-4-5-6-7-14(20)17(3)10-13(19)16-11(2)8-9-12(15)18/h11H,4-10H2,1-3H3,(H2,15,18)(H,16,19). The second-order valence-electron chi connectivity index (χ2n) is 5.18. The van der Waals surface area contributed by atoms with Crippen LogP contribution in [0.1, 0.15) is 52.4 Å². The maximum absolute atomic E-state index is 11.7. The van der Waals surface area contributed by atoms with Gasteiger partial charge in [0.1, 0.15) is 0 Å². The zero-order valence-electron chi connectivity index (χ0n) is 12.8. The van der Waals surface area contributed by atoms with Crippen molar-refractivity contribution in [3.8, 4) is 0 Å². The molecule has 0 heterocycles. The molecule has 116 valence electrons. The molecule has 0 aromatic carbocycles. The molecule has 0 saturated heterocycles. The van der Waals surface area contributed by atoms with Crippen LogP contribution in [-0.2, 0) is 14.4 Å². The molecular weight excluding hydrogens is 258 g/mol. The molecule has 6 heteroatoms. The van der Waals surface area contributed by atoms with E-state index in [-0.39, 0.29) is 36.7 Å². The molecule has 0 radical (unpaired) electrons. The average molecular weight is 285 g/mol. The van der Waals surface area contributed by atoms with Gasteiger partial charge in [-0.1, -0.05) is 19.8 Å². The van der Waals surface area contributed by atoms with Crippen molar-refractivity contribution in [1.29, 1.82) is 0 Å². The molecule has 3 N–H and O–H groups in total. The predicted molar refractivity (Wildman–Crippen MR) is 77.8 cm³/mol. The third-order valence-electron chi connectivity index (χ3n) is 3.03. The summed E-state index contributed by atoms with van der Waals surface area (Å²) in [4.78, 5) is 35.5. The Morgan fingerprint density at radius 2 is 1.85 bits per heavy atom. The van der Waals surface area contributed by atoms with Gasteiger partial charge in [-0.05, 0) is 19.8 Å². The van der Waals surface area contributed by atoms with E-state index < -0.39 is 0 Å². The van der Waals surface area contributed by atoms with E-state index >= 15 is 0 Å². The van der Waals surface area contributed by atoms with Crippen LogP contribution in [0.2, 0.25) is 0 Å². The number of hydrogen-bond acceptors (Lipinski definition) is 3. The highest BCUT2D eigenvalue weighted by Crippen LogP contribution is 2.02. The summed E-state index contributed by atoms with van der Waals surface area (Å²) in [6.45, 7) is 3.94. The summed E-state index contributed by atoms with van der Waals surface area (Å²) in [5, 5.41) is 2.75. The lowest BCUT2D eigenvalue weighted by atomic mass is 10.1. The topological polar surface area (TPSA) is 92.5 Å². The van der Waals surface area contributed by atoms with Gasteiger partial charge in [-0.3, -0.25) is 14.4 Å². The number of likely N-dealkylation sites (N-methyl/N-ethyl adjacent to an activating group) is 1. The van der Waals surface area contributed by atoms with Gasteiger partial charge in [-0.15, -0.1) is 0 Å². The van der Waals surface area contributed by atoms with Gasteiger partial charge in [0, 0.05) is 25.9 Å². The average Bonchev–Trinajstić information content (AvgIpc) is 2.36. The Kier molecular flexibility index (Phi) is 9.41. The van der Waals surface area contributed by atoms with E-state index in [1.165, 1.54) is 4.90 Å². The fraction of sp³-hybridized carbons (Fsp3) is 0.786. The molecule has 0 fully saturated rings. The van der Waals surface area contributed by atoms with Crippen molar-refractivity contribution in [3.05, 3.63) is 0 Å². The van der Waals surface area contributed by atoms with Gasteiger partial charge in [0.25, 0.3) is 0 Å². The first-order valence-corrected chi connectivity index (χ1v) is 7.18. The van der Waals surface area contributed by atoms with Gasteiger partial charge in [0.15, 0.2) is 0 Å². The van der Waals surface area contributed by atoms with Crippen LogP contribution in [0, 0.1) is 0 Å². The third kappa shape index (κ3) is 9.35. The normalized spacial score (nSPS) is 11.8. The lowest BCUT2D eigenvalue weighted by Gasteiger charge is -2.19. The van der Waals surface area contributed by atoms with Gasteiger partial charge in [-0.2, -0.15) is 0 Å². The molecule has 0 aromatic heterocycles. The van der Waals surface area contributed by atoms with E-state index in [1.807, 2.05) is 6.92 Å². The molecule has 1 unspecified atom stereocenters. The molecule has 0 aliphatic rings. The second-order valence-corrected chi connectivity index (χ2v) is 5.18. The van der Waals surface area contributed by atoms with Crippen molar-refractivity contribution in [2.45, 2.75) is 58.4 Å². The molecule has 0 aliphatic heterocycles.